The standard InChI is InChI=1S/C23H24N6O2/c1-17(2)19-8-10-20(11-9-19)31-16-28-13-12-21(26-28)22(30)25-23-24-15-29(27-23)14-18-6-4-3-5-7-18/h3-13,15,17H,14,16H2,1-2H3,(H,25,27,30). The minimum absolute atomic E-state index is 0.207. The first-order valence-electron chi connectivity index (χ1n) is 10.1. The molecule has 0 saturated heterocycles. The van der Waals surface area contributed by atoms with Gasteiger partial charge < -0.3 is 4.74 Å². The molecule has 8 heteroatoms. The lowest BCUT2D eigenvalue weighted by Gasteiger charge is -2.08. The van der Waals surface area contributed by atoms with E-state index in [1.54, 1.807) is 28.0 Å². The van der Waals surface area contributed by atoms with E-state index in [4.69, 9.17) is 4.74 Å². The number of anilines is 1. The zero-order valence-electron chi connectivity index (χ0n) is 17.5. The number of benzene rings is 2. The summed E-state index contributed by atoms with van der Waals surface area (Å²) in [7, 11) is 0. The molecule has 0 aliphatic carbocycles. The highest BCUT2D eigenvalue weighted by Gasteiger charge is 2.13. The molecule has 0 radical (unpaired) electrons. The average Bonchev–Trinajstić information content (AvgIpc) is 3.43. The fourth-order valence-electron chi connectivity index (χ4n) is 3.01. The third kappa shape index (κ3) is 5.36. The maximum absolute atomic E-state index is 12.5. The number of carbonyl (C=O) groups is 1. The molecule has 0 aliphatic rings. The van der Waals surface area contributed by atoms with Crippen molar-refractivity contribution in [2.75, 3.05) is 5.32 Å². The Kier molecular flexibility index (Phi) is 6.07. The van der Waals surface area contributed by atoms with Crippen molar-refractivity contribution in [3.8, 4) is 5.75 Å². The second kappa shape index (κ2) is 9.25. The Morgan fingerprint density at radius 2 is 1.77 bits per heavy atom. The predicted molar refractivity (Wildman–Crippen MR) is 117 cm³/mol. The van der Waals surface area contributed by atoms with Gasteiger partial charge >= 0.3 is 0 Å². The van der Waals surface area contributed by atoms with Gasteiger partial charge in [0.15, 0.2) is 12.4 Å². The highest BCUT2D eigenvalue weighted by molar-refractivity contribution is 6.01. The molecule has 8 nitrogen and oxygen atoms in total. The summed E-state index contributed by atoms with van der Waals surface area (Å²) >= 11 is 0. The molecule has 4 rings (SSSR count). The Bertz CT molecular complexity index is 1130. The highest BCUT2D eigenvalue weighted by Crippen LogP contribution is 2.18. The number of carbonyl (C=O) groups excluding carboxylic acids is 1. The van der Waals surface area contributed by atoms with Crippen LogP contribution in [0.15, 0.2) is 73.2 Å². The average molecular weight is 416 g/mol. The Labute approximate surface area is 180 Å². The summed E-state index contributed by atoms with van der Waals surface area (Å²) in [5.74, 6) is 1.08. The van der Waals surface area contributed by atoms with E-state index in [2.05, 4.69) is 34.3 Å². The summed E-state index contributed by atoms with van der Waals surface area (Å²) in [6.45, 7) is 5.08. The number of nitrogens with one attached hydrogen (secondary N) is 1. The molecule has 0 unspecified atom stereocenters. The van der Waals surface area contributed by atoms with Gasteiger partial charge in [0, 0.05) is 6.20 Å². The Hall–Kier alpha value is -3.94. The predicted octanol–water partition coefficient (Wildman–Crippen LogP) is 3.94. The normalized spacial score (nSPS) is 10.9. The third-order valence-electron chi connectivity index (χ3n) is 4.73. The second-order valence-corrected chi connectivity index (χ2v) is 7.44. The SMILES string of the molecule is CC(C)c1ccc(OCn2ccc(C(=O)Nc3ncn(Cc4ccccc4)n3)n2)cc1. The molecule has 0 spiro atoms. The molecule has 1 amide bonds. The molecule has 0 atom stereocenters. The zero-order valence-corrected chi connectivity index (χ0v) is 17.5. The van der Waals surface area contributed by atoms with Gasteiger partial charge in [-0.25, -0.2) is 14.3 Å². The number of amides is 1. The molecule has 0 bridgehead atoms. The van der Waals surface area contributed by atoms with E-state index in [-0.39, 0.29) is 24.3 Å². The van der Waals surface area contributed by atoms with Gasteiger partial charge in [-0.15, -0.1) is 5.10 Å². The van der Waals surface area contributed by atoms with Crippen molar-refractivity contribution >= 4 is 11.9 Å². The van der Waals surface area contributed by atoms with Crippen LogP contribution in [-0.2, 0) is 13.3 Å². The summed E-state index contributed by atoms with van der Waals surface area (Å²) < 4.78 is 8.97. The van der Waals surface area contributed by atoms with Crippen LogP contribution in [0.3, 0.4) is 0 Å². The molecular formula is C23H24N6O2. The van der Waals surface area contributed by atoms with Crippen LogP contribution in [-0.4, -0.2) is 30.5 Å². The lowest BCUT2D eigenvalue weighted by atomic mass is 10.0. The van der Waals surface area contributed by atoms with Crippen LogP contribution in [0.2, 0.25) is 0 Å². The van der Waals surface area contributed by atoms with Crippen molar-refractivity contribution in [1.82, 2.24) is 24.5 Å². The van der Waals surface area contributed by atoms with Gasteiger partial charge in [0.25, 0.3) is 5.91 Å². The minimum Gasteiger partial charge on any atom is -0.471 e. The van der Waals surface area contributed by atoms with Crippen molar-refractivity contribution in [2.45, 2.75) is 33.0 Å². The van der Waals surface area contributed by atoms with Gasteiger partial charge in [-0.1, -0.05) is 56.3 Å². The van der Waals surface area contributed by atoms with E-state index >= 15 is 0 Å². The molecule has 0 aliphatic heterocycles. The number of hydrogen-bond acceptors (Lipinski definition) is 5. The van der Waals surface area contributed by atoms with Gasteiger partial charge in [-0.05, 0) is 35.2 Å². The number of nitrogens with zero attached hydrogens (tertiary/aromatic N) is 5. The molecule has 2 aromatic carbocycles. The van der Waals surface area contributed by atoms with Gasteiger partial charge in [0.2, 0.25) is 5.95 Å². The molecule has 158 valence electrons. The highest BCUT2D eigenvalue weighted by atomic mass is 16.5. The van der Waals surface area contributed by atoms with Crippen LogP contribution in [0.4, 0.5) is 5.95 Å². The molecule has 1 N–H and O–H groups in total. The summed E-state index contributed by atoms with van der Waals surface area (Å²) in [5.41, 5.74) is 2.62. The quantitative estimate of drug-likeness (QED) is 0.470. The lowest BCUT2D eigenvalue weighted by Crippen LogP contribution is -2.15. The fraction of sp³-hybridized carbons (Fsp3) is 0.217. The van der Waals surface area contributed by atoms with Crippen LogP contribution in [0.25, 0.3) is 0 Å². The Morgan fingerprint density at radius 1 is 1.00 bits per heavy atom. The summed E-state index contributed by atoms with van der Waals surface area (Å²) in [6.07, 6.45) is 3.28. The van der Waals surface area contributed by atoms with Crippen molar-refractivity contribution in [3.05, 3.63) is 90.0 Å². The van der Waals surface area contributed by atoms with Crippen molar-refractivity contribution in [2.24, 2.45) is 0 Å². The molecule has 0 saturated carbocycles. The smallest absolute Gasteiger partial charge is 0.278 e. The summed E-state index contributed by atoms with van der Waals surface area (Å²) in [6, 6.07) is 19.5. The number of rotatable bonds is 8. The third-order valence-corrected chi connectivity index (χ3v) is 4.73. The van der Waals surface area contributed by atoms with E-state index in [1.807, 2.05) is 54.6 Å². The number of aromatic nitrogens is 5. The molecule has 31 heavy (non-hydrogen) atoms. The van der Waals surface area contributed by atoms with Gasteiger partial charge in [0.1, 0.15) is 12.1 Å². The number of hydrogen-bond donors (Lipinski definition) is 1. The molecule has 4 aromatic rings. The lowest BCUT2D eigenvalue weighted by molar-refractivity contribution is 0.101. The zero-order chi connectivity index (χ0) is 21.6. The first-order chi connectivity index (χ1) is 15.1. The van der Waals surface area contributed by atoms with E-state index < -0.39 is 0 Å². The van der Waals surface area contributed by atoms with Crippen LogP contribution >= 0.6 is 0 Å². The van der Waals surface area contributed by atoms with Crippen molar-refractivity contribution < 1.29 is 9.53 Å². The van der Waals surface area contributed by atoms with Crippen molar-refractivity contribution in [3.63, 3.8) is 0 Å². The van der Waals surface area contributed by atoms with Gasteiger partial charge in [-0.2, -0.15) is 5.10 Å². The van der Waals surface area contributed by atoms with Crippen LogP contribution in [0.5, 0.6) is 5.75 Å². The van der Waals surface area contributed by atoms with E-state index in [9.17, 15) is 4.79 Å². The first kappa shape index (κ1) is 20.3. The Morgan fingerprint density at radius 3 is 2.52 bits per heavy atom. The number of ether oxygens (including phenoxy) is 1. The van der Waals surface area contributed by atoms with Gasteiger partial charge in [0.05, 0.1) is 6.54 Å². The minimum atomic E-state index is -0.377. The summed E-state index contributed by atoms with van der Waals surface area (Å²) in [5, 5.41) is 11.2. The summed E-state index contributed by atoms with van der Waals surface area (Å²) in [4.78, 5) is 16.6. The van der Waals surface area contributed by atoms with Crippen molar-refractivity contribution in [1.29, 1.82) is 0 Å². The van der Waals surface area contributed by atoms with E-state index in [0.29, 0.717) is 12.5 Å². The maximum atomic E-state index is 12.5. The molecule has 0 fully saturated rings. The molecule has 2 aromatic heterocycles. The van der Waals surface area contributed by atoms with E-state index in [1.165, 1.54) is 5.56 Å². The van der Waals surface area contributed by atoms with Crippen LogP contribution in [0.1, 0.15) is 41.4 Å². The second-order valence-electron chi connectivity index (χ2n) is 7.44. The monoisotopic (exact) mass is 416 g/mol. The molecule has 2 heterocycles. The largest absolute Gasteiger partial charge is 0.471 e. The fourth-order valence-corrected chi connectivity index (χ4v) is 3.01. The first-order valence-corrected chi connectivity index (χ1v) is 10.1. The Balaban J connectivity index is 1.31. The van der Waals surface area contributed by atoms with Crippen LogP contribution in [0, 0.1) is 0 Å². The van der Waals surface area contributed by atoms with Gasteiger partial charge in [-0.3, -0.25) is 10.1 Å². The van der Waals surface area contributed by atoms with Crippen LogP contribution < -0.4 is 10.1 Å². The van der Waals surface area contributed by atoms with E-state index in [0.717, 1.165) is 11.3 Å². The maximum Gasteiger partial charge on any atom is 0.278 e. The molecular weight excluding hydrogens is 392 g/mol. The topological polar surface area (TPSA) is 86.9 Å².